The van der Waals surface area contributed by atoms with Crippen LogP contribution in [0.1, 0.15) is 40.7 Å². The Hall–Kier alpha value is -3.04. The fourth-order valence-electron chi connectivity index (χ4n) is 4.97. The third-order valence-corrected chi connectivity index (χ3v) is 8.77. The van der Waals surface area contributed by atoms with Gasteiger partial charge in [-0.15, -0.1) is 0 Å². The maximum Gasteiger partial charge on any atom is 0.325 e. The lowest BCUT2D eigenvalue weighted by molar-refractivity contribution is -0.131. The van der Waals surface area contributed by atoms with Crippen LogP contribution < -0.4 is 5.32 Å². The van der Waals surface area contributed by atoms with Crippen LogP contribution in [-0.2, 0) is 27.7 Å². The minimum Gasteiger partial charge on any atom is -0.323 e. The summed E-state index contributed by atoms with van der Waals surface area (Å²) in [6, 6.07) is 13.0. The van der Waals surface area contributed by atoms with Crippen molar-refractivity contribution in [1.29, 1.82) is 0 Å². The summed E-state index contributed by atoms with van der Waals surface area (Å²) in [5, 5.41) is 2.83. The number of rotatable bonds is 5. The van der Waals surface area contributed by atoms with Gasteiger partial charge in [0.05, 0.1) is 11.4 Å². The number of benzene rings is 2. The molecule has 2 aromatic carbocycles. The number of fused-ring (bicyclic) bond motifs is 1. The monoisotopic (exact) mass is 467 g/mol. The van der Waals surface area contributed by atoms with Crippen LogP contribution in [0, 0.1) is 0 Å². The Bertz CT molecular complexity index is 1240. The Labute approximate surface area is 192 Å². The molecule has 5 rings (SSSR count). The molecule has 1 N–H and O–H groups in total. The number of aryl methyl sites for hydroxylation is 1. The average Bonchev–Trinajstić information content (AvgIpc) is 3.44. The number of imide groups is 1. The molecule has 2 fully saturated rings. The van der Waals surface area contributed by atoms with E-state index >= 15 is 0 Å². The first-order chi connectivity index (χ1) is 15.8. The molecule has 2 heterocycles. The summed E-state index contributed by atoms with van der Waals surface area (Å²) in [5.41, 5.74) is 1.44. The fourth-order valence-corrected chi connectivity index (χ4v) is 6.49. The molecule has 172 valence electrons. The molecular formula is C24H25N3O5S. The molecule has 0 unspecified atom stereocenters. The first kappa shape index (κ1) is 21.8. The van der Waals surface area contributed by atoms with Crippen LogP contribution in [0.15, 0.2) is 53.4 Å². The van der Waals surface area contributed by atoms with Gasteiger partial charge in [-0.1, -0.05) is 24.3 Å². The standard InChI is InChI=1S/C24H25N3O5S/c28-21(18-7-9-20(10-8-18)33(31,32)26-13-3-4-14-26)16-27-22(29)24(25-23(27)30)12-11-17-5-1-2-6-19(17)15-24/h1-2,5-10H,3-4,11-16H2,(H,25,30)/t24-/m1/s1. The quantitative estimate of drug-likeness (QED) is 0.536. The van der Waals surface area contributed by atoms with Crippen LogP contribution in [0.25, 0.3) is 0 Å². The van der Waals surface area contributed by atoms with Gasteiger partial charge >= 0.3 is 6.03 Å². The zero-order chi connectivity index (χ0) is 23.2. The number of ketones is 1. The van der Waals surface area contributed by atoms with E-state index in [9.17, 15) is 22.8 Å². The molecule has 2 aromatic rings. The highest BCUT2D eigenvalue weighted by molar-refractivity contribution is 7.89. The summed E-state index contributed by atoms with van der Waals surface area (Å²) in [5.74, 6) is -0.805. The molecule has 3 amide bonds. The maximum absolute atomic E-state index is 13.2. The number of hydrogen-bond acceptors (Lipinski definition) is 5. The van der Waals surface area contributed by atoms with Gasteiger partial charge in [0, 0.05) is 25.1 Å². The van der Waals surface area contributed by atoms with Gasteiger partial charge < -0.3 is 5.32 Å². The highest BCUT2D eigenvalue weighted by atomic mass is 32.2. The summed E-state index contributed by atoms with van der Waals surface area (Å²) in [7, 11) is -3.57. The summed E-state index contributed by atoms with van der Waals surface area (Å²) < 4.78 is 26.8. The molecular weight excluding hydrogens is 442 g/mol. The van der Waals surface area contributed by atoms with E-state index in [0.717, 1.165) is 23.3 Å². The van der Waals surface area contributed by atoms with E-state index in [2.05, 4.69) is 5.32 Å². The lowest BCUT2D eigenvalue weighted by Gasteiger charge is -2.32. The van der Waals surface area contributed by atoms with Crippen LogP contribution in [0.4, 0.5) is 4.79 Å². The van der Waals surface area contributed by atoms with Crippen molar-refractivity contribution in [1.82, 2.24) is 14.5 Å². The maximum atomic E-state index is 13.2. The lowest BCUT2D eigenvalue weighted by Crippen LogP contribution is -2.51. The van der Waals surface area contributed by atoms with Crippen molar-refractivity contribution in [2.24, 2.45) is 0 Å². The van der Waals surface area contributed by atoms with Crippen molar-refractivity contribution in [3.8, 4) is 0 Å². The van der Waals surface area contributed by atoms with Crippen molar-refractivity contribution >= 4 is 27.7 Å². The van der Waals surface area contributed by atoms with Gasteiger partial charge in [0.1, 0.15) is 5.54 Å². The summed E-state index contributed by atoms with van der Waals surface area (Å²) in [6.07, 6.45) is 3.25. The molecule has 3 aliphatic rings. The molecule has 1 spiro atoms. The zero-order valence-corrected chi connectivity index (χ0v) is 18.9. The normalized spacial score (nSPS) is 23.1. The fraction of sp³-hybridized carbons (Fsp3) is 0.375. The molecule has 33 heavy (non-hydrogen) atoms. The second-order valence-electron chi connectivity index (χ2n) is 8.91. The summed E-state index contributed by atoms with van der Waals surface area (Å²) >= 11 is 0. The van der Waals surface area contributed by atoms with E-state index < -0.39 is 27.4 Å². The van der Waals surface area contributed by atoms with E-state index in [1.807, 2.05) is 24.3 Å². The van der Waals surface area contributed by atoms with E-state index in [-0.39, 0.29) is 22.9 Å². The molecule has 2 saturated heterocycles. The van der Waals surface area contributed by atoms with Crippen LogP contribution in [0.5, 0.6) is 0 Å². The van der Waals surface area contributed by atoms with Gasteiger partial charge in [-0.25, -0.2) is 13.2 Å². The van der Waals surface area contributed by atoms with Crippen LogP contribution >= 0.6 is 0 Å². The van der Waals surface area contributed by atoms with Gasteiger partial charge in [0.2, 0.25) is 10.0 Å². The topological polar surface area (TPSA) is 104 Å². The number of nitrogens with one attached hydrogen (secondary N) is 1. The number of nitrogens with zero attached hydrogens (tertiary/aromatic N) is 2. The largest absolute Gasteiger partial charge is 0.325 e. The third-order valence-electron chi connectivity index (χ3n) is 6.86. The van der Waals surface area contributed by atoms with Crippen molar-refractivity contribution < 1.29 is 22.8 Å². The molecule has 8 nitrogen and oxygen atoms in total. The minimum atomic E-state index is -3.57. The second kappa shape index (κ2) is 8.07. The van der Waals surface area contributed by atoms with Crippen molar-refractivity contribution in [3.63, 3.8) is 0 Å². The second-order valence-corrected chi connectivity index (χ2v) is 10.8. The van der Waals surface area contributed by atoms with E-state index in [1.54, 1.807) is 0 Å². The number of sulfonamides is 1. The summed E-state index contributed by atoms with van der Waals surface area (Å²) in [4.78, 5) is 39.8. The number of Topliss-reactive ketones (excluding diaryl/α,β-unsaturated/α-hetero) is 1. The van der Waals surface area contributed by atoms with Crippen molar-refractivity contribution in [2.75, 3.05) is 19.6 Å². The average molecular weight is 468 g/mol. The van der Waals surface area contributed by atoms with Crippen molar-refractivity contribution in [3.05, 3.63) is 65.2 Å². The van der Waals surface area contributed by atoms with Gasteiger partial charge in [-0.2, -0.15) is 4.31 Å². The number of carbonyl (C=O) groups excluding carboxylic acids is 3. The van der Waals surface area contributed by atoms with Gasteiger partial charge in [-0.05, 0) is 61.1 Å². The molecule has 0 saturated carbocycles. The van der Waals surface area contributed by atoms with Crippen LogP contribution in [0.3, 0.4) is 0 Å². The highest BCUT2D eigenvalue weighted by Gasteiger charge is 2.52. The van der Waals surface area contributed by atoms with Crippen LogP contribution in [0.2, 0.25) is 0 Å². The predicted molar refractivity (Wildman–Crippen MR) is 120 cm³/mol. The van der Waals surface area contributed by atoms with Gasteiger partial charge in [0.25, 0.3) is 5.91 Å². The highest BCUT2D eigenvalue weighted by Crippen LogP contribution is 2.33. The van der Waals surface area contributed by atoms with E-state index in [1.165, 1.54) is 34.1 Å². The first-order valence-corrected chi connectivity index (χ1v) is 12.6. The van der Waals surface area contributed by atoms with Crippen LogP contribution in [-0.4, -0.2) is 60.5 Å². The molecule has 0 aromatic heterocycles. The smallest absolute Gasteiger partial charge is 0.323 e. The third kappa shape index (κ3) is 3.75. The molecule has 9 heteroatoms. The number of hydrogen-bond donors (Lipinski definition) is 1. The number of amides is 3. The van der Waals surface area contributed by atoms with Crippen molar-refractivity contribution in [2.45, 2.75) is 42.5 Å². The minimum absolute atomic E-state index is 0.135. The molecule has 1 atom stereocenters. The Morgan fingerprint density at radius 1 is 0.970 bits per heavy atom. The lowest BCUT2D eigenvalue weighted by atomic mass is 9.78. The Kier molecular flexibility index (Phi) is 5.33. The molecule has 0 radical (unpaired) electrons. The Morgan fingerprint density at radius 3 is 2.33 bits per heavy atom. The first-order valence-electron chi connectivity index (χ1n) is 11.1. The zero-order valence-electron chi connectivity index (χ0n) is 18.1. The number of urea groups is 1. The van der Waals surface area contributed by atoms with E-state index in [4.69, 9.17) is 0 Å². The molecule has 2 aliphatic heterocycles. The van der Waals surface area contributed by atoms with Gasteiger partial charge in [0.15, 0.2) is 5.78 Å². The van der Waals surface area contributed by atoms with Gasteiger partial charge in [-0.3, -0.25) is 14.5 Å². The SMILES string of the molecule is O=C(CN1C(=O)N[C@@]2(CCc3ccccc3C2)C1=O)c1ccc(S(=O)(=O)N2CCCC2)cc1. The molecule has 0 bridgehead atoms. The Morgan fingerprint density at radius 2 is 1.64 bits per heavy atom. The van der Waals surface area contributed by atoms with E-state index in [0.29, 0.717) is 32.4 Å². The number of carbonyl (C=O) groups is 3. The predicted octanol–water partition coefficient (Wildman–Crippen LogP) is 2.13. The summed E-state index contributed by atoms with van der Waals surface area (Å²) in [6.45, 7) is 0.620. The Balaban J connectivity index is 1.30. The molecule has 1 aliphatic carbocycles.